The van der Waals surface area contributed by atoms with Gasteiger partial charge >= 0.3 is 0 Å². The van der Waals surface area contributed by atoms with Crippen molar-refractivity contribution in [1.82, 2.24) is 16.0 Å². The van der Waals surface area contributed by atoms with Crippen molar-refractivity contribution < 1.29 is 9.53 Å². The van der Waals surface area contributed by atoms with Crippen molar-refractivity contribution in [3.8, 4) is 5.75 Å². The SMILES string of the molecule is CCNC(=NCCc1ccc(C)c(OC)c1)NCCNC(=O)c1ccccc1. The van der Waals surface area contributed by atoms with Crippen LogP contribution in [-0.2, 0) is 6.42 Å². The van der Waals surface area contributed by atoms with E-state index < -0.39 is 0 Å². The van der Waals surface area contributed by atoms with Crippen LogP contribution in [0.15, 0.2) is 53.5 Å². The van der Waals surface area contributed by atoms with Crippen molar-refractivity contribution >= 4 is 11.9 Å². The van der Waals surface area contributed by atoms with E-state index >= 15 is 0 Å². The molecule has 0 spiro atoms. The zero-order chi connectivity index (χ0) is 20.2. The standard InChI is InChI=1S/C22H30N4O2/c1-4-23-22(25-13-12-18-11-10-17(2)20(16-18)28-3)26-15-14-24-21(27)19-8-6-5-7-9-19/h5-11,16H,4,12-15H2,1-3H3,(H,24,27)(H2,23,25,26). The summed E-state index contributed by atoms with van der Waals surface area (Å²) in [6.45, 7) is 6.62. The fourth-order valence-corrected chi connectivity index (χ4v) is 2.71. The largest absolute Gasteiger partial charge is 0.496 e. The Labute approximate surface area is 167 Å². The monoisotopic (exact) mass is 382 g/mol. The summed E-state index contributed by atoms with van der Waals surface area (Å²) in [4.78, 5) is 16.6. The number of nitrogens with one attached hydrogen (secondary N) is 3. The van der Waals surface area contributed by atoms with Gasteiger partial charge in [-0.25, -0.2) is 0 Å². The third kappa shape index (κ3) is 6.95. The Bertz CT molecular complexity index is 775. The van der Waals surface area contributed by atoms with E-state index in [1.165, 1.54) is 5.56 Å². The van der Waals surface area contributed by atoms with E-state index in [4.69, 9.17) is 4.74 Å². The van der Waals surface area contributed by atoms with Crippen molar-refractivity contribution in [1.29, 1.82) is 0 Å². The Balaban J connectivity index is 1.78. The molecule has 2 aromatic rings. The summed E-state index contributed by atoms with van der Waals surface area (Å²) >= 11 is 0. The summed E-state index contributed by atoms with van der Waals surface area (Å²) in [6.07, 6.45) is 0.831. The Morgan fingerprint density at radius 3 is 2.50 bits per heavy atom. The number of ether oxygens (including phenoxy) is 1. The number of hydrogen-bond acceptors (Lipinski definition) is 3. The first-order chi connectivity index (χ1) is 13.6. The summed E-state index contributed by atoms with van der Waals surface area (Å²) in [5, 5.41) is 9.36. The van der Waals surface area contributed by atoms with Crippen LogP contribution in [-0.4, -0.2) is 45.2 Å². The smallest absolute Gasteiger partial charge is 0.251 e. The molecule has 0 aromatic heterocycles. The first-order valence-corrected chi connectivity index (χ1v) is 9.63. The average molecular weight is 383 g/mol. The van der Waals surface area contributed by atoms with Crippen LogP contribution in [0, 0.1) is 6.92 Å². The molecule has 3 N–H and O–H groups in total. The highest BCUT2D eigenvalue weighted by molar-refractivity contribution is 5.94. The topological polar surface area (TPSA) is 74.8 Å². The van der Waals surface area contributed by atoms with Gasteiger partial charge in [0, 0.05) is 31.7 Å². The second kappa shape index (κ2) is 11.6. The molecule has 0 aliphatic carbocycles. The number of benzene rings is 2. The fourth-order valence-electron chi connectivity index (χ4n) is 2.71. The van der Waals surface area contributed by atoms with Crippen molar-refractivity contribution in [2.24, 2.45) is 4.99 Å². The summed E-state index contributed by atoms with van der Waals surface area (Å²) in [5.41, 5.74) is 2.98. The van der Waals surface area contributed by atoms with Gasteiger partial charge in [0.15, 0.2) is 5.96 Å². The van der Waals surface area contributed by atoms with E-state index in [1.54, 1.807) is 19.2 Å². The van der Waals surface area contributed by atoms with Crippen LogP contribution in [0.25, 0.3) is 0 Å². The molecule has 0 bridgehead atoms. The highest BCUT2D eigenvalue weighted by Crippen LogP contribution is 2.19. The van der Waals surface area contributed by atoms with Gasteiger partial charge in [-0.1, -0.05) is 30.3 Å². The molecule has 1 amide bonds. The highest BCUT2D eigenvalue weighted by atomic mass is 16.5. The molecular weight excluding hydrogens is 352 g/mol. The number of nitrogens with zero attached hydrogens (tertiary/aromatic N) is 1. The fraction of sp³-hybridized carbons (Fsp3) is 0.364. The van der Waals surface area contributed by atoms with Gasteiger partial charge in [-0.05, 0) is 49.6 Å². The van der Waals surface area contributed by atoms with Gasteiger partial charge < -0.3 is 20.7 Å². The minimum atomic E-state index is -0.0716. The summed E-state index contributed by atoms with van der Waals surface area (Å²) < 4.78 is 5.37. The quantitative estimate of drug-likeness (QED) is 0.354. The highest BCUT2D eigenvalue weighted by Gasteiger charge is 2.04. The molecule has 2 rings (SSSR count). The van der Waals surface area contributed by atoms with Gasteiger partial charge in [0.25, 0.3) is 5.91 Å². The number of aliphatic imine (C=N–C) groups is 1. The average Bonchev–Trinajstić information content (AvgIpc) is 2.72. The molecular formula is C22H30N4O2. The van der Waals surface area contributed by atoms with Crippen LogP contribution in [0.1, 0.15) is 28.4 Å². The molecule has 28 heavy (non-hydrogen) atoms. The Kier molecular flexibility index (Phi) is 8.85. The molecule has 0 heterocycles. The molecule has 0 saturated carbocycles. The van der Waals surface area contributed by atoms with Crippen molar-refractivity contribution in [2.45, 2.75) is 20.3 Å². The molecule has 0 unspecified atom stereocenters. The van der Waals surface area contributed by atoms with Gasteiger partial charge in [-0.3, -0.25) is 9.79 Å². The Morgan fingerprint density at radius 1 is 1.04 bits per heavy atom. The maximum absolute atomic E-state index is 12.0. The molecule has 0 aliphatic heterocycles. The first-order valence-electron chi connectivity index (χ1n) is 9.63. The lowest BCUT2D eigenvalue weighted by Gasteiger charge is -2.12. The lowest BCUT2D eigenvalue weighted by atomic mass is 10.1. The molecule has 0 saturated heterocycles. The minimum absolute atomic E-state index is 0.0716. The number of carbonyl (C=O) groups excluding carboxylic acids is 1. The number of hydrogen-bond donors (Lipinski definition) is 3. The van der Waals surface area contributed by atoms with Crippen molar-refractivity contribution in [3.63, 3.8) is 0 Å². The third-order valence-corrected chi connectivity index (χ3v) is 4.23. The number of aryl methyl sites for hydroxylation is 1. The van der Waals surface area contributed by atoms with Crippen LogP contribution in [0.4, 0.5) is 0 Å². The number of guanidine groups is 1. The van der Waals surface area contributed by atoms with Gasteiger partial charge in [0.1, 0.15) is 5.75 Å². The number of methoxy groups -OCH3 is 1. The van der Waals surface area contributed by atoms with Gasteiger partial charge in [-0.2, -0.15) is 0 Å². The second-order valence-electron chi connectivity index (χ2n) is 6.36. The lowest BCUT2D eigenvalue weighted by molar-refractivity contribution is 0.0954. The zero-order valence-corrected chi connectivity index (χ0v) is 16.9. The maximum atomic E-state index is 12.0. The number of rotatable bonds is 9. The maximum Gasteiger partial charge on any atom is 0.251 e. The van der Waals surface area contributed by atoms with Gasteiger partial charge in [-0.15, -0.1) is 0 Å². The zero-order valence-electron chi connectivity index (χ0n) is 16.9. The molecule has 0 atom stereocenters. The van der Waals surface area contributed by atoms with Crippen LogP contribution < -0.4 is 20.7 Å². The van der Waals surface area contributed by atoms with Crippen molar-refractivity contribution in [2.75, 3.05) is 33.3 Å². The normalized spacial score (nSPS) is 11.0. The van der Waals surface area contributed by atoms with Crippen LogP contribution in [0.3, 0.4) is 0 Å². The second-order valence-corrected chi connectivity index (χ2v) is 6.36. The molecule has 0 radical (unpaired) electrons. The van der Waals surface area contributed by atoms with Crippen LogP contribution in [0.5, 0.6) is 5.75 Å². The molecule has 0 fully saturated rings. The first kappa shape index (κ1) is 21.3. The molecule has 150 valence electrons. The predicted octanol–water partition coefficient (Wildman–Crippen LogP) is 2.53. The van der Waals surface area contributed by atoms with E-state index in [-0.39, 0.29) is 5.91 Å². The van der Waals surface area contributed by atoms with Gasteiger partial charge in [0.05, 0.1) is 7.11 Å². The van der Waals surface area contributed by atoms with Crippen LogP contribution >= 0.6 is 0 Å². The summed E-state index contributed by atoms with van der Waals surface area (Å²) in [7, 11) is 1.69. The summed E-state index contributed by atoms with van der Waals surface area (Å²) in [5.74, 6) is 1.58. The number of carbonyl (C=O) groups is 1. The molecule has 0 aliphatic rings. The van der Waals surface area contributed by atoms with Crippen molar-refractivity contribution in [3.05, 3.63) is 65.2 Å². The number of amides is 1. The molecule has 6 heteroatoms. The van der Waals surface area contributed by atoms with E-state index in [1.807, 2.05) is 32.0 Å². The van der Waals surface area contributed by atoms with Crippen LogP contribution in [0.2, 0.25) is 0 Å². The van der Waals surface area contributed by atoms with Gasteiger partial charge in [0.2, 0.25) is 0 Å². The van der Waals surface area contributed by atoms with E-state index in [0.717, 1.165) is 30.2 Å². The molecule has 2 aromatic carbocycles. The Hall–Kier alpha value is -3.02. The van der Waals surface area contributed by atoms with E-state index in [0.29, 0.717) is 25.2 Å². The van der Waals surface area contributed by atoms with E-state index in [2.05, 4.69) is 39.1 Å². The lowest BCUT2D eigenvalue weighted by Crippen LogP contribution is -2.41. The summed E-state index contributed by atoms with van der Waals surface area (Å²) in [6, 6.07) is 15.4. The van der Waals surface area contributed by atoms with E-state index in [9.17, 15) is 4.79 Å². The Morgan fingerprint density at radius 2 is 1.79 bits per heavy atom. The molecule has 6 nitrogen and oxygen atoms in total. The minimum Gasteiger partial charge on any atom is -0.496 e. The predicted molar refractivity (Wildman–Crippen MR) is 114 cm³/mol. The third-order valence-electron chi connectivity index (χ3n) is 4.23.